The van der Waals surface area contributed by atoms with Gasteiger partial charge in [-0.3, -0.25) is 9.59 Å². The molecule has 0 aliphatic rings. The van der Waals surface area contributed by atoms with Crippen LogP contribution >= 0.6 is 0 Å². The number of carbonyl (C=O) groups excluding carboxylic acids is 2. The van der Waals surface area contributed by atoms with Crippen molar-refractivity contribution in [2.75, 3.05) is 25.6 Å². The van der Waals surface area contributed by atoms with Crippen LogP contribution in [0, 0.1) is 0 Å². The van der Waals surface area contributed by atoms with E-state index in [2.05, 4.69) is 11.9 Å². The van der Waals surface area contributed by atoms with Crippen LogP contribution in [0.1, 0.15) is 10.4 Å². The lowest BCUT2D eigenvalue weighted by Gasteiger charge is -2.12. The summed E-state index contributed by atoms with van der Waals surface area (Å²) in [5.74, 6) is 0.479. The first-order valence-electron chi connectivity index (χ1n) is 7.77. The summed E-state index contributed by atoms with van der Waals surface area (Å²) in [5, 5.41) is 2.75. The molecule has 7 heteroatoms. The van der Waals surface area contributed by atoms with Gasteiger partial charge in [0, 0.05) is 17.3 Å². The van der Waals surface area contributed by atoms with Crippen LogP contribution in [0.5, 0.6) is 17.2 Å². The van der Waals surface area contributed by atoms with Crippen LogP contribution in [-0.4, -0.2) is 32.1 Å². The number of nitrogens with two attached hydrogens (primary N) is 1. The summed E-state index contributed by atoms with van der Waals surface area (Å²) in [6, 6.07) is 11.5. The zero-order valence-corrected chi connectivity index (χ0v) is 14.4. The van der Waals surface area contributed by atoms with Gasteiger partial charge in [-0.1, -0.05) is 18.7 Å². The standard InChI is InChI=1S/C19H20N2O5/c1-3-9-25-16-8-7-13(10-17(16)24-2)19(23)21-14-5-4-6-15(11-14)26-12-18(20)22/h3-8,10-11H,1,9,12H2,2H3,(H2,20,22)(H,21,23). The molecule has 0 bridgehead atoms. The molecular formula is C19H20N2O5. The lowest BCUT2D eigenvalue weighted by atomic mass is 10.1. The van der Waals surface area contributed by atoms with Crippen LogP contribution in [0.4, 0.5) is 5.69 Å². The molecule has 2 aromatic rings. The maximum absolute atomic E-state index is 12.4. The SMILES string of the molecule is C=CCOc1ccc(C(=O)Nc2cccc(OCC(N)=O)c2)cc1OC. The van der Waals surface area contributed by atoms with Crippen LogP contribution in [0.15, 0.2) is 55.1 Å². The van der Waals surface area contributed by atoms with Crippen LogP contribution in [0.2, 0.25) is 0 Å². The second-order valence-electron chi connectivity index (χ2n) is 5.20. The number of hydrogen-bond donors (Lipinski definition) is 2. The van der Waals surface area contributed by atoms with Gasteiger partial charge in [0.25, 0.3) is 11.8 Å². The summed E-state index contributed by atoms with van der Waals surface area (Å²) >= 11 is 0. The summed E-state index contributed by atoms with van der Waals surface area (Å²) in [5.41, 5.74) is 5.96. The number of primary amides is 1. The Kier molecular flexibility index (Phi) is 6.61. The minimum absolute atomic E-state index is 0.235. The third-order valence-corrected chi connectivity index (χ3v) is 3.26. The number of anilines is 1. The minimum atomic E-state index is -0.578. The maximum Gasteiger partial charge on any atom is 0.255 e. The summed E-state index contributed by atoms with van der Waals surface area (Å²) in [7, 11) is 1.50. The molecule has 0 atom stereocenters. The lowest BCUT2D eigenvalue weighted by Crippen LogP contribution is -2.20. The molecular weight excluding hydrogens is 336 g/mol. The molecule has 0 spiro atoms. The van der Waals surface area contributed by atoms with Crippen molar-refractivity contribution >= 4 is 17.5 Å². The van der Waals surface area contributed by atoms with Crippen LogP contribution in [0.3, 0.4) is 0 Å². The number of carbonyl (C=O) groups is 2. The quantitative estimate of drug-likeness (QED) is 0.672. The number of methoxy groups -OCH3 is 1. The molecule has 7 nitrogen and oxygen atoms in total. The molecule has 136 valence electrons. The van der Waals surface area contributed by atoms with Gasteiger partial charge in [-0.25, -0.2) is 0 Å². The third-order valence-electron chi connectivity index (χ3n) is 3.26. The van der Waals surface area contributed by atoms with Crippen molar-refractivity contribution in [3.8, 4) is 17.2 Å². The summed E-state index contributed by atoms with van der Waals surface area (Å²) in [4.78, 5) is 23.2. The molecule has 0 heterocycles. The Bertz CT molecular complexity index is 804. The molecule has 0 unspecified atom stereocenters. The predicted molar refractivity (Wildman–Crippen MR) is 97.8 cm³/mol. The highest BCUT2D eigenvalue weighted by Gasteiger charge is 2.12. The first-order valence-corrected chi connectivity index (χ1v) is 7.77. The fourth-order valence-corrected chi connectivity index (χ4v) is 2.10. The van der Waals surface area contributed by atoms with Gasteiger partial charge in [0.2, 0.25) is 0 Å². The Morgan fingerprint density at radius 2 is 1.96 bits per heavy atom. The number of amides is 2. The van der Waals surface area contributed by atoms with Crippen LogP contribution in [0.25, 0.3) is 0 Å². The fraction of sp³-hybridized carbons (Fsp3) is 0.158. The van der Waals surface area contributed by atoms with Gasteiger partial charge in [-0.05, 0) is 30.3 Å². The van der Waals surface area contributed by atoms with E-state index >= 15 is 0 Å². The fourth-order valence-electron chi connectivity index (χ4n) is 2.10. The molecule has 2 amide bonds. The predicted octanol–water partition coefficient (Wildman–Crippen LogP) is 2.38. The zero-order chi connectivity index (χ0) is 18.9. The molecule has 0 saturated heterocycles. The van der Waals surface area contributed by atoms with Crippen molar-refractivity contribution in [2.45, 2.75) is 0 Å². The van der Waals surface area contributed by atoms with Crippen molar-refractivity contribution in [2.24, 2.45) is 5.73 Å². The number of hydrogen-bond acceptors (Lipinski definition) is 5. The van der Waals surface area contributed by atoms with Gasteiger partial charge in [0.15, 0.2) is 18.1 Å². The largest absolute Gasteiger partial charge is 0.493 e. The highest BCUT2D eigenvalue weighted by Crippen LogP contribution is 2.28. The second-order valence-corrected chi connectivity index (χ2v) is 5.20. The molecule has 2 rings (SSSR count). The molecule has 0 saturated carbocycles. The molecule has 26 heavy (non-hydrogen) atoms. The van der Waals surface area contributed by atoms with E-state index in [1.807, 2.05) is 0 Å². The van der Waals surface area contributed by atoms with E-state index in [1.165, 1.54) is 7.11 Å². The van der Waals surface area contributed by atoms with E-state index < -0.39 is 5.91 Å². The first-order chi connectivity index (χ1) is 12.5. The van der Waals surface area contributed by atoms with E-state index in [9.17, 15) is 9.59 Å². The van der Waals surface area contributed by atoms with Crippen molar-refractivity contribution in [3.63, 3.8) is 0 Å². The molecule has 3 N–H and O–H groups in total. The van der Waals surface area contributed by atoms with Gasteiger partial charge in [-0.15, -0.1) is 0 Å². The van der Waals surface area contributed by atoms with Crippen LogP contribution < -0.4 is 25.3 Å². The second kappa shape index (κ2) is 9.12. The molecule has 0 fully saturated rings. The summed E-state index contributed by atoms with van der Waals surface area (Å²) in [6.07, 6.45) is 1.62. The molecule has 0 radical (unpaired) electrons. The third kappa shape index (κ3) is 5.27. The summed E-state index contributed by atoms with van der Waals surface area (Å²) in [6.45, 7) is 3.69. The normalized spacial score (nSPS) is 9.88. The highest BCUT2D eigenvalue weighted by molar-refractivity contribution is 6.04. The van der Waals surface area contributed by atoms with E-state index in [1.54, 1.807) is 48.5 Å². The Labute approximate surface area is 151 Å². The van der Waals surface area contributed by atoms with Gasteiger partial charge in [-0.2, -0.15) is 0 Å². The molecule has 0 aromatic heterocycles. The maximum atomic E-state index is 12.4. The highest BCUT2D eigenvalue weighted by atomic mass is 16.5. The van der Waals surface area contributed by atoms with Crippen molar-refractivity contribution in [1.29, 1.82) is 0 Å². The van der Waals surface area contributed by atoms with Gasteiger partial charge >= 0.3 is 0 Å². The van der Waals surface area contributed by atoms with E-state index in [0.717, 1.165) is 0 Å². The van der Waals surface area contributed by atoms with E-state index in [-0.39, 0.29) is 12.5 Å². The van der Waals surface area contributed by atoms with Crippen molar-refractivity contribution in [1.82, 2.24) is 0 Å². The number of ether oxygens (including phenoxy) is 3. The number of rotatable bonds is 9. The topological polar surface area (TPSA) is 99.9 Å². The smallest absolute Gasteiger partial charge is 0.255 e. The monoisotopic (exact) mass is 356 g/mol. The van der Waals surface area contributed by atoms with Crippen molar-refractivity contribution < 1.29 is 23.8 Å². The Balaban J connectivity index is 2.10. The number of nitrogens with one attached hydrogen (secondary N) is 1. The average molecular weight is 356 g/mol. The van der Waals surface area contributed by atoms with E-state index in [4.69, 9.17) is 19.9 Å². The Hall–Kier alpha value is -3.48. The van der Waals surface area contributed by atoms with Gasteiger partial charge < -0.3 is 25.3 Å². The lowest BCUT2D eigenvalue weighted by molar-refractivity contribution is -0.119. The van der Waals surface area contributed by atoms with E-state index in [0.29, 0.717) is 35.1 Å². The van der Waals surface area contributed by atoms with Crippen molar-refractivity contribution in [3.05, 3.63) is 60.7 Å². The first kappa shape index (κ1) is 18.9. The van der Waals surface area contributed by atoms with Crippen LogP contribution in [-0.2, 0) is 4.79 Å². The Morgan fingerprint density at radius 3 is 2.65 bits per heavy atom. The minimum Gasteiger partial charge on any atom is -0.493 e. The number of benzene rings is 2. The zero-order valence-electron chi connectivity index (χ0n) is 14.4. The average Bonchev–Trinajstić information content (AvgIpc) is 2.64. The molecule has 2 aromatic carbocycles. The summed E-state index contributed by atoms with van der Waals surface area (Å²) < 4.78 is 15.9. The van der Waals surface area contributed by atoms with Gasteiger partial charge in [0.1, 0.15) is 12.4 Å². The van der Waals surface area contributed by atoms with Gasteiger partial charge in [0.05, 0.1) is 7.11 Å². The molecule has 0 aliphatic carbocycles. The Morgan fingerprint density at radius 1 is 1.15 bits per heavy atom. The molecule has 0 aliphatic heterocycles.